The third-order valence-electron chi connectivity index (χ3n) is 4.38. The first-order valence-corrected chi connectivity index (χ1v) is 8.26. The van der Waals surface area contributed by atoms with Crippen molar-refractivity contribution in [3.05, 3.63) is 42.0 Å². The van der Waals surface area contributed by atoms with Crippen LogP contribution in [0.5, 0.6) is 11.8 Å². The van der Waals surface area contributed by atoms with E-state index in [0.717, 1.165) is 31.2 Å². The van der Waals surface area contributed by atoms with Gasteiger partial charge in [0.1, 0.15) is 12.3 Å². The Hall–Kier alpha value is -2.63. The second-order valence-corrected chi connectivity index (χ2v) is 6.09. The van der Waals surface area contributed by atoms with Gasteiger partial charge in [-0.25, -0.2) is 4.79 Å². The Kier molecular flexibility index (Phi) is 4.93. The number of rotatable bonds is 4. The largest absolute Gasteiger partial charge is 0.494 e. The van der Waals surface area contributed by atoms with E-state index < -0.39 is 6.09 Å². The SMILES string of the molecule is O=C(Nc1cc(O)n(C2CCCCC2)c1O)OCc1ccccc1. The molecule has 3 N–H and O–H groups in total. The van der Waals surface area contributed by atoms with E-state index in [1.807, 2.05) is 30.3 Å². The van der Waals surface area contributed by atoms with Crippen LogP contribution >= 0.6 is 0 Å². The minimum absolute atomic E-state index is 0.0437. The third-order valence-corrected chi connectivity index (χ3v) is 4.38. The number of carbonyl (C=O) groups is 1. The molecule has 1 aliphatic rings. The van der Waals surface area contributed by atoms with Crippen molar-refractivity contribution in [3.63, 3.8) is 0 Å². The lowest BCUT2D eigenvalue weighted by atomic mass is 9.95. The average molecular weight is 330 g/mol. The highest BCUT2D eigenvalue weighted by Gasteiger charge is 2.24. The average Bonchev–Trinajstić information content (AvgIpc) is 2.88. The van der Waals surface area contributed by atoms with Crippen molar-refractivity contribution in [2.45, 2.75) is 44.8 Å². The quantitative estimate of drug-likeness (QED) is 0.786. The van der Waals surface area contributed by atoms with E-state index in [4.69, 9.17) is 4.74 Å². The summed E-state index contributed by atoms with van der Waals surface area (Å²) in [6, 6.07) is 10.8. The Bertz CT molecular complexity index is 691. The number of nitrogens with zero attached hydrogens (tertiary/aromatic N) is 1. The van der Waals surface area contributed by atoms with Gasteiger partial charge in [0.2, 0.25) is 5.88 Å². The summed E-state index contributed by atoms with van der Waals surface area (Å²) in [6.45, 7) is 0.142. The molecule has 128 valence electrons. The highest BCUT2D eigenvalue weighted by molar-refractivity contribution is 5.86. The Balaban J connectivity index is 1.63. The summed E-state index contributed by atoms with van der Waals surface area (Å²) < 4.78 is 6.62. The number of ether oxygens (including phenoxy) is 1. The van der Waals surface area contributed by atoms with Crippen LogP contribution in [0.25, 0.3) is 0 Å². The van der Waals surface area contributed by atoms with Crippen LogP contribution in [-0.2, 0) is 11.3 Å². The monoisotopic (exact) mass is 330 g/mol. The maximum absolute atomic E-state index is 11.9. The number of benzene rings is 1. The number of anilines is 1. The van der Waals surface area contributed by atoms with Crippen LogP contribution in [0.3, 0.4) is 0 Å². The molecular weight excluding hydrogens is 308 g/mol. The van der Waals surface area contributed by atoms with Gasteiger partial charge in [0.25, 0.3) is 0 Å². The number of nitrogens with one attached hydrogen (secondary N) is 1. The summed E-state index contributed by atoms with van der Waals surface area (Å²) in [7, 11) is 0. The lowest BCUT2D eigenvalue weighted by Crippen LogP contribution is -2.14. The molecule has 6 heteroatoms. The maximum Gasteiger partial charge on any atom is 0.412 e. The molecule has 1 fully saturated rings. The van der Waals surface area contributed by atoms with Gasteiger partial charge in [-0.15, -0.1) is 0 Å². The molecule has 0 bridgehead atoms. The van der Waals surface area contributed by atoms with Gasteiger partial charge in [-0.3, -0.25) is 9.88 Å². The predicted octanol–water partition coefficient (Wildman–Crippen LogP) is 4.15. The van der Waals surface area contributed by atoms with Crippen LogP contribution in [0.2, 0.25) is 0 Å². The number of amides is 1. The number of hydrogen-bond donors (Lipinski definition) is 3. The van der Waals surface area contributed by atoms with E-state index in [0.29, 0.717) is 0 Å². The van der Waals surface area contributed by atoms with Crippen molar-refractivity contribution >= 4 is 11.8 Å². The summed E-state index contributed by atoms with van der Waals surface area (Å²) in [5.41, 5.74) is 1.04. The molecular formula is C18H22N2O4. The number of aromatic nitrogens is 1. The van der Waals surface area contributed by atoms with Crippen LogP contribution < -0.4 is 5.32 Å². The number of aromatic hydroxyl groups is 2. The topological polar surface area (TPSA) is 83.7 Å². The zero-order chi connectivity index (χ0) is 16.9. The van der Waals surface area contributed by atoms with Crippen LogP contribution in [-0.4, -0.2) is 20.9 Å². The van der Waals surface area contributed by atoms with Gasteiger partial charge in [-0.1, -0.05) is 49.6 Å². The van der Waals surface area contributed by atoms with E-state index in [1.165, 1.54) is 17.1 Å². The summed E-state index contributed by atoms with van der Waals surface area (Å²) >= 11 is 0. The first kappa shape index (κ1) is 16.2. The van der Waals surface area contributed by atoms with Crippen molar-refractivity contribution in [2.24, 2.45) is 0 Å². The number of hydrogen-bond acceptors (Lipinski definition) is 4. The second-order valence-electron chi connectivity index (χ2n) is 6.09. The molecule has 3 rings (SSSR count). The van der Waals surface area contributed by atoms with Crippen molar-refractivity contribution in [1.82, 2.24) is 4.57 Å². The molecule has 1 saturated carbocycles. The molecule has 1 aliphatic carbocycles. The Morgan fingerprint density at radius 2 is 1.88 bits per heavy atom. The van der Waals surface area contributed by atoms with E-state index in [-0.39, 0.29) is 30.1 Å². The molecule has 1 heterocycles. The van der Waals surface area contributed by atoms with Gasteiger partial charge in [-0.2, -0.15) is 0 Å². The van der Waals surface area contributed by atoms with Crippen LogP contribution in [0.4, 0.5) is 10.5 Å². The molecule has 0 spiro atoms. The zero-order valence-electron chi connectivity index (χ0n) is 13.4. The van der Waals surface area contributed by atoms with Crippen molar-refractivity contribution < 1.29 is 19.7 Å². The molecule has 1 aromatic carbocycles. The Morgan fingerprint density at radius 3 is 2.58 bits per heavy atom. The van der Waals surface area contributed by atoms with Crippen LogP contribution in [0.15, 0.2) is 36.4 Å². The molecule has 2 aromatic rings. The fourth-order valence-corrected chi connectivity index (χ4v) is 3.16. The third kappa shape index (κ3) is 3.64. The molecule has 6 nitrogen and oxygen atoms in total. The lowest BCUT2D eigenvalue weighted by Gasteiger charge is -2.24. The molecule has 1 amide bonds. The van der Waals surface area contributed by atoms with Gasteiger partial charge in [0.15, 0.2) is 5.88 Å². The summed E-state index contributed by atoms with van der Waals surface area (Å²) in [5, 5.41) is 22.9. The smallest absolute Gasteiger partial charge is 0.412 e. The van der Waals surface area contributed by atoms with Crippen molar-refractivity contribution in [2.75, 3.05) is 5.32 Å². The summed E-state index contributed by atoms with van der Waals surface area (Å²) in [4.78, 5) is 11.9. The molecule has 0 atom stereocenters. The fraction of sp³-hybridized carbons (Fsp3) is 0.389. The van der Waals surface area contributed by atoms with Gasteiger partial charge in [0, 0.05) is 12.1 Å². The molecule has 0 radical (unpaired) electrons. The first-order valence-electron chi connectivity index (χ1n) is 8.26. The van der Waals surface area contributed by atoms with Crippen molar-refractivity contribution in [1.29, 1.82) is 0 Å². The molecule has 1 aromatic heterocycles. The van der Waals surface area contributed by atoms with Gasteiger partial charge >= 0.3 is 6.09 Å². The van der Waals surface area contributed by atoms with E-state index in [2.05, 4.69) is 5.32 Å². The fourth-order valence-electron chi connectivity index (χ4n) is 3.16. The van der Waals surface area contributed by atoms with Crippen LogP contribution in [0, 0.1) is 0 Å². The summed E-state index contributed by atoms with van der Waals surface area (Å²) in [6.07, 6.45) is 4.47. The minimum Gasteiger partial charge on any atom is -0.494 e. The van der Waals surface area contributed by atoms with E-state index >= 15 is 0 Å². The van der Waals surface area contributed by atoms with Crippen LogP contribution in [0.1, 0.15) is 43.7 Å². The molecule has 0 unspecified atom stereocenters. The Morgan fingerprint density at radius 1 is 1.17 bits per heavy atom. The first-order chi connectivity index (χ1) is 11.6. The van der Waals surface area contributed by atoms with Crippen molar-refractivity contribution in [3.8, 4) is 11.8 Å². The molecule has 0 saturated heterocycles. The Labute approximate surface area is 140 Å². The zero-order valence-corrected chi connectivity index (χ0v) is 13.4. The summed E-state index contributed by atoms with van der Waals surface area (Å²) in [5.74, 6) is -0.172. The number of carbonyl (C=O) groups excluding carboxylic acids is 1. The predicted molar refractivity (Wildman–Crippen MR) is 90.1 cm³/mol. The van der Waals surface area contributed by atoms with E-state index in [1.54, 1.807) is 0 Å². The molecule has 0 aliphatic heterocycles. The lowest BCUT2D eigenvalue weighted by molar-refractivity contribution is 0.155. The maximum atomic E-state index is 11.9. The second kappa shape index (κ2) is 7.29. The van der Waals surface area contributed by atoms with E-state index in [9.17, 15) is 15.0 Å². The highest BCUT2D eigenvalue weighted by atomic mass is 16.5. The highest BCUT2D eigenvalue weighted by Crippen LogP contribution is 2.40. The minimum atomic E-state index is -0.671. The van der Waals surface area contributed by atoms with Gasteiger partial charge < -0.3 is 14.9 Å². The molecule has 24 heavy (non-hydrogen) atoms. The van der Waals surface area contributed by atoms with Gasteiger partial charge in [-0.05, 0) is 18.4 Å². The van der Waals surface area contributed by atoms with Gasteiger partial charge in [0.05, 0.1) is 0 Å². The standard InChI is InChI=1S/C18H22N2O4/c21-16-11-15(17(22)20(16)14-9-5-2-6-10-14)19-18(23)24-12-13-7-3-1-4-8-13/h1,3-4,7-8,11,14,21-22H,2,5-6,9-10,12H2,(H,19,23). The normalized spacial score (nSPS) is 15.2.